The third kappa shape index (κ3) is 2.40. The number of nitrogens with one attached hydrogen (secondary N) is 1. The van der Waals surface area contributed by atoms with Crippen LogP contribution in [0, 0.1) is 12.8 Å². The van der Waals surface area contributed by atoms with Gasteiger partial charge in [0.25, 0.3) is 0 Å². The van der Waals surface area contributed by atoms with Crippen LogP contribution in [0.5, 0.6) is 0 Å². The average Bonchev–Trinajstić information content (AvgIpc) is 2.78. The molecule has 1 unspecified atom stereocenters. The van der Waals surface area contributed by atoms with Gasteiger partial charge < -0.3 is 0 Å². The molecule has 2 rings (SSSR count). The van der Waals surface area contributed by atoms with Gasteiger partial charge in [-0.15, -0.1) is 0 Å². The molecule has 88 valence electrons. The normalized spacial score (nSPS) is 18.9. The molecule has 0 aromatic heterocycles. The maximum absolute atomic E-state index is 6.04. The molecule has 0 heterocycles. The van der Waals surface area contributed by atoms with E-state index in [1.54, 1.807) is 0 Å². The van der Waals surface area contributed by atoms with Gasteiger partial charge >= 0.3 is 0 Å². The average molecular weight is 239 g/mol. The van der Waals surface area contributed by atoms with E-state index in [1.165, 1.54) is 31.2 Å². The Morgan fingerprint density at radius 2 is 2.06 bits per heavy atom. The fourth-order valence-corrected chi connectivity index (χ4v) is 2.77. The molecule has 2 nitrogen and oxygen atoms in total. The maximum Gasteiger partial charge on any atom is 0.0488 e. The second kappa shape index (κ2) is 5.17. The first-order valence-corrected chi connectivity index (χ1v) is 6.32. The van der Waals surface area contributed by atoms with Crippen molar-refractivity contribution in [2.75, 3.05) is 0 Å². The molecule has 1 aromatic carbocycles. The van der Waals surface area contributed by atoms with E-state index < -0.39 is 0 Å². The van der Waals surface area contributed by atoms with Crippen molar-refractivity contribution in [2.45, 2.75) is 38.6 Å². The minimum atomic E-state index is 0.276. The Balaban J connectivity index is 2.22. The monoisotopic (exact) mass is 238 g/mol. The molecule has 3 heteroatoms. The lowest BCUT2D eigenvalue weighted by molar-refractivity contribution is 0.373. The third-order valence-electron chi connectivity index (χ3n) is 3.59. The number of hydrogen-bond donors (Lipinski definition) is 2. The van der Waals surface area contributed by atoms with Crippen LogP contribution in [0.2, 0.25) is 5.02 Å². The molecule has 16 heavy (non-hydrogen) atoms. The molecule has 0 saturated heterocycles. The zero-order valence-electron chi connectivity index (χ0n) is 9.67. The summed E-state index contributed by atoms with van der Waals surface area (Å²) in [5, 5.41) is 0.825. The molecule has 0 bridgehead atoms. The van der Waals surface area contributed by atoms with E-state index in [-0.39, 0.29) is 6.04 Å². The smallest absolute Gasteiger partial charge is 0.0488 e. The van der Waals surface area contributed by atoms with Crippen molar-refractivity contribution in [1.82, 2.24) is 5.43 Å². The van der Waals surface area contributed by atoms with Gasteiger partial charge in [0, 0.05) is 11.1 Å². The lowest BCUT2D eigenvalue weighted by atomic mass is 9.91. The van der Waals surface area contributed by atoms with Crippen molar-refractivity contribution < 1.29 is 0 Å². The summed E-state index contributed by atoms with van der Waals surface area (Å²) in [6.07, 6.45) is 5.21. The second-order valence-corrected chi connectivity index (χ2v) is 5.10. The summed E-state index contributed by atoms with van der Waals surface area (Å²) in [4.78, 5) is 0. The van der Waals surface area contributed by atoms with Crippen LogP contribution in [0.1, 0.15) is 42.9 Å². The van der Waals surface area contributed by atoms with Crippen LogP contribution < -0.4 is 11.3 Å². The van der Waals surface area contributed by atoms with Gasteiger partial charge in [-0.2, -0.15) is 0 Å². The molecule has 1 saturated carbocycles. The van der Waals surface area contributed by atoms with Crippen LogP contribution in [-0.2, 0) is 0 Å². The van der Waals surface area contributed by atoms with E-state index >= 15 is 0 Å². The lowest BCUT2D eigenvalue weighted by Crippen LogP contribution is -2.32. The summed E-state index contributed by atoms with van der Waals surface area (Å²) in [5.74, 6) is 6.36. The van der Waals surface area contributed by atoms with E-state index in [0.717, 1.165) is 10.6 Å². The summed E-state index contributed by atoms with van der Waals surface area (Å²) in [6.45, 7) is 2.04. The van der Waals surface area contributed by atoms with E-state index in [2.05, 4.69) is 17.6 Å². The standard InChI is InChI=1S/C13H19ClN2/c1-9-8-11(6-7-12(9)14)13(16-15)10-4-2-3-5-10/h6-8,10,13,16H,2-5,15H2,1H3. The van der Waals surface area contributed by atoms with Crippen LogP contribution in [0.15, 0.2) is 18.2 Å². The van der Waals surface area contributed by atoms with Gasteiger partial charge in [-0.3, -0.25) is 11.3 Å². The van der Waals surface area contributed by atoms with Gasteiger partial charge in [0.2, 0.25) is 0 Å². The zero-order chi connectivity index (χ0) is 11.5. The molecule has 1 aliphatic carbocycles. The van der Waals surface area contributed by atoms with Crippen molar-refractivity contribution in [2.24, 2.45) is 11.8 Å². The molecule has 1 atom stereocenters. The van der Waals surface area contributed by atoms with E-state index in [9.17, 15) is 0 Å². The first-order valence-electron chi connectivity index (χ1n) is 5.94. The van der Waals surface area contributed by atoms with Crippen LogP contribution in [-0.4, -0.2) is 0 Å². The quantitative estimate of drug-likeness (QED) is 0.626. The highest BCUT2D eigenvalue weighted by Gasteiger charge is 2.25. The van der Waals surface area contributed by atoms with Gasteiger partial charge in [0.15, 0.2) is 0 Å². The van der Waals surface area contributed by atoms with Crippen LogP contribution in [0.25, 0.3) is 0 Å². The molecule has 1 aromatic rings. The minimum Gasteiger partial charge on any atom is -0.271 e. The Hall–Kier alpha value is -0.570. The minimum absolute atomic E-state index is 0.276. The van der Waals surface area contributed by atoms with Crippen molar-refractivity contribution in [3.8, 4) is 0 Å². The predicted octanol–water partition coefficient (Wildman–Crippen LogP) is 3.34. The first-order chi connectivity index (χ1) is 7.72. The lowest BCUT2D eigenvalue weighted by Gasteiger charge is -2.23. The Bertz CT molecular complexity index is 359. The second-order valence-electron chi connectivity index (χ2n) is 4.70. The molecule has 0 aliphatic heterocycles. The summed E-state index contributed by atoms with van der Waals surface area (Å²) in [5.41, 5.74) is 5.35. The van der Waals surface area contributed by atoms with Gasteiger partial charge in [-0.1, -0.05) is 36.6 Å². The summed E-state index contributed by atoms with van der Waals surface area (Å²) in [6, 6.07) is 6.47. The number of hydrogen-bond acceptors (Lipinski definition) is 2. The van der Waals surface area contributed by atoms with E-state index in [1.807, 2.05) is 13.0 Å². The molecule has 3 N–H and O–H groups in total. The molecular weight excluding hydrogens is 220 g/mol. The highest BCUT2D eigenvalue weighted by Crippen LogP contribution is 2.36. The molecular formula is C13H19ClN2. The summed E-state index contributed by atoms with van der Waals surface area (Å²) < 4.78 is 0. The highest BCUT2D eigenvalue weighted by molar-refractivity contribution is 6.31. The van der Waals surface area contributed by atoms with Crippen LogP contribution >= 0.6 is 11.6 Å². The van der Waals surface area contributed by atoms with Crippen molar-refractivity contribution in [3.05, 3.63) is 34.3 Å². The molecule has 0 amide bonds. The van der Waals surface area contributed by atoms with Crippen LogP contribution in [0.4, 0.5) is 0 Å². The fraction of sp³-hybridized carbons (Fsp3) is 0.538. The van der Waals surface area contributed by atoms with Crippen molar-refractivity contribution in [3.63, 3.8) is 0 Å². The Morgan fingerprint density at radius 1 is 1.38 bits per heavy atom. The number of rotatable bonds is 3. The number of halogens is 1. The third-order valence-corrected chi connectivity index (χ3v) is 4.02. The topological polar surface area (TPSA) is 38.0 Å². The Morgan fingerprint density at radius 3 is 2.62 bits per heavy atom. The highest BCUT2D eigenvalue weighted by atomic mass is 35.5. The fourth-order valence-electron chi connectivity index (χ4n) is 2.66. The van der Waals surface area contributed by atoms with Crippen molar-refractivity contribution >= 4 is 11.6 Å². The maximum atomic E-state index is 6.04. The van der Waals surface area contributed by atoms with Gasteiger partial charge in [0.1, 0.15) is 0 Å². The first kappa shape index (κ1) is 11.9. The Labute approximate surface area is 102 Å². The molecule has 0 spiro atoms. The number of hydrazine groups is 1. The van der Waals surface area contributed by atoms with Crippen LogP contribution in [0.3, 0.4) is 0 Å². The van der Waals surface area contributed by atoms with E-state index in [0.29, 0.717) is 5.92 Å². The zero-order valence-corrected chi connectivity index (χ0v) is 10.4. The van der Waals surface area contributed by atoms with Crippen molar-refractivity contribution in [1.29, 1.82) is 0 Å². The number of benzene rings is 1. The SMILES string of the molecule is Cc1cc(C(NN)C2CCCC2)ccc1Cl. The van der Waals surface area contributed by atoms with Gasteiger partial charge in [-0.05, 0) is 42.9 Å². The molecule has 1 fully saturated rings. The molecule has 1 aliphatic rings. The number of nitrogens with two attached hydrogens (primary N) is 1. The Kier molecular flexibility index (Phi) is 3.85. The largest absolute Gasteiger partial charge is 0.271 e. The van der Waals surface area contributed by atoms with Gasteiger partial charge in [-0.25, -0.2) is 0 Å². The number of aryl methyl sites for hydroxylation is 1. The molecule has 0 radical (unpaired) electrons. The van der Waals surface area contributed by atoms with Gasteiger partial charge in [0.05, 0.1) is 0 Å². The predicted molar refractivity (Wildman–Crippen MR) is 68.2 cm³/mol. The summed E-state index contributed by atoms with van der Waals surface area (Å²) in [7, 11) is 0. The van der Waals surface area contributed by atoms with E-state index in [4.69, 9.17) is 17.4 Å². The summed E-state index contributed by atoms with van der Waals surface area (Å²) >= 11 is 6.04.